The Morgan fingerprint density at radius 2 is 1.39 bits per heavy atom. The summed E-state index contributed by atoms with van der Waals surface area (Å²) >= 11 is 0. The molecule has 0 aromatic heterocycles. The van der Waals surface area contributed by atoms with E-state index in [0.717, 1.165) is 24.1 Å². The molecule has 132 valence electrons. The average Bonchev–Trinajstić information content (AvgIpc) is 2.59. The van der Waals surface area contributed by atoms with Gasteiger partial charge in [-0.2, -0.15) is 0 Å². The highest BCUT2D eigenvalue weighted by molar-refractivity contribution is 5.40. The smallest absolute Gasteiger partial charge is 0.289 e. The molecule has 0 fully saturated rings. The average molecular weight is 323 g/mol. The molecule has 1 aromatic carbocycles. The van der Waals surface area contributed by atoms with Crippen molar-refractivity contribution in [2.75, 3.05) is 27.1 Å². The van der Waals surface area contributed by atoms with Crippen molar-refractivity contribution in [1.29, 1.82) is 0 Å². The summed E-state index contributed by atoms with van der Waals surface area (Å²) in [6.45, 7) is 2.24. The molecule has 0 amide bonds. The molecular formula is C19H33NO3. The highest BCUT2D eigenvalue weighted by Crippen LogP contribution is 2.37. The summed E-state index contributed by atoms with van der Waals surface area (Å²) in [7, 11) is 4.87. The number of ether oxygens (including phenoxy) is 3. The fourth-order valence-electron chi connectivity index (χ4n) is 3.08. The number of nitrogens with two attached hydrogens (primary N) is 1. The zero-order valence-electron chi connectivity index (χ0n) is 15.1. The van der Waals surface area contributed by atoms with Crippen LogP contribution in [0.1, 0.15) is 63.4 Å². The lowest BCUT2D eigenvalue weighted by Crippen LogP contribution is -2.42. The van der Waals surface area contributed by atoms with Crippen LogP contribution in [0.15, 0.2) is 24.3 Å². The van der Waals surface area contributed by atoms with Gasteiger partial charge in [-0.1, -0.05) is 57.6 Å². The van der Waals surface area contributed by atoms with Crippen LogP contribution < -0.4 is 5.73 Å². The van der Waals surface area contributed by atoms with Crippen molar-refractivity contribution in [2.24, 2.45) is 0 Å². The fourth-order valence-corrected chi connectivity index (χ4v) is 3.08. The molecule has 0 saturated heterocycles. The van der Waals surface area contributed by atoms with Crippen LogP contribution in [0.3, 0.4) is 0 Å². The second-order valence-corrected chi connectivity index (χ2v) is 5.99. The van der Waals surface area contributed by atoms with Crippen LogP contribution in [0.5, 0.6) is 0 Å². The molecule has 4 nitrogen and oxygen atoms in total. The Morgan fingerprint density at radius 1 is 0.870 bits per heavy atom. The summed E-state index contributed by atoms with van der Waals surface area (Å²) in [4.78, 5) is 0. The standard InChI is InChI=1S/C19H33NO3/c1-5-6-7-8-9-10-11-18(19(21-2,22-3)23-4)16-12-14-17(20)15-13-16/h12-15,18H,5-11,20H2,1-4H3. The van der Waals surface area contributed by atoms with Crippen LogP contribution in [0, 0.1) is 0 Å². The van der Waals surface area contributed by atoms with Gasteiger partial charge in [0.15, 0.2) is 0 Å². The molecule has 0 aliphatic heterocycles. The van der Waals surface area contributed by atoms with E-state index in [9.17, 15) is 0 Å². The summed E-state index contributed by atoms with van der Waals surface area (Å²) in [5, 5.41) is 0. The van der Waals surface area contributed by atoms with Gasteiger partial charge in [-0.25, -0.2) is 0 Å². The third-order valence-corrected chi connectivity index (χ3v) is 4.47. The highest BCUT2D eigenvalue weighted by Gasteiger charge is 2.40. The van der Waals surface area contributed by atoms with E-state index < -0.39 is 5.97 Å². The molecular weight excluding hydrogens is 290 g/mol. The number of methoxy groups -OCH3 is 3. The highest BCUT2D eigenvalue weighted by atomic mass is 16.9. The minimum absolute atomic E-state index is 0.00859. The number of rotatable bonds is 12. The van der Waals surface area contributed by atoms with E-state index in [1.165, 1.54) is 32.1 Å². The van der Waals surface area contributed by atoms with Crippen molar-refractivity contribution in [2.45, 2.75) is 63.8 Å². The van der Waals surface area contributed by atoms with E-state index in [4.69, 9.17) is 19.9 Å². The van der Waals surface area contributed by atoms with Crippen molar-refractivity contribution in [3.05, 3.63) is 29.8 Å². The maximum Gasteiger partial charge on any atom is 0.289 e. The first-order chi connectivity index (χ1) is 11.1. The van der Waals surface area contributed by atoms with Crippen LogP contribution in [0.2, 0.25) is 0 Å². The van der Waals surface area contributed by atoms with E-state index in [0.29, 0.717) is 0 Å². The topological polar surface area (TPSA) is 53.7 Å². The molecule has 1 rings (SSSR count). The van der Waals surface area contributed by atoms with Gasteiger partial charge in [-0.15, -0.1) is 0 Å². The Balaban J connectivity index is 2.78. The third-order valence-electron chi connectivity index (χ3n) is 4.47. The van der Waals surface area contributed by atoms with E-state index in [-0.39, 0.29) is 5.92 Å². The van der Waals surface area contributed by atoms with Crippen LogP contribution in [-0.4, -0.2) is 27.3 Å². The van der Waals surface area contributed by atoms with Gasteiger partial charge in [-0.05, 0) is 24.1 Å². The second-order valence-electron chi connectivity index (χ2n) is 5.99. The van der Waals surface area contributed by atoms with Crippen molar-refractivity contribution < 1.29 is 14.2 Å². The van der Waals surface area contributed by atoms with Gasteiger partial charge in [-0.3, -0.25) is 0 Å². The van der Waals surface area contributed by atoms with Crippen LogP contribution in [0.25, 0.3) is 0 Å². The van der Waals surface area contributed by atoms with Crippen LogP contribution >= 0.6 is 0 Å². The van der Waals surface area contributed by atoms with Gasteiger partial charge in [0.2, 0.25) is 0 Å². The van der Waals surface area contributed by atoms with E-state index in [1.807, 2.05) is 24.3 Å². The molecule has 1 aromatic rings. The number of nitrogen functional groups attached to an aromatic ring is 1. The Morgan fingerprint density at radius 3 is 1.91 bits per heavy atom. The summed E-state index contributed by atoms with van der Waals surface area (Å²) in [6.07, 6.45) is 8.48. The van der Waals surface area contributed by atoms with Gasteiger partial charge in [0.1, 0.15) is 0 Å². The number of benzene rings is 1. The lowest BCUT2D eigenvalue weighted by molar-refractivity contribution is -0.365. The fraction of sp³-hybridized carbons (Fsp3) is 0.684. The molecule has 0 aliphatic rings. The largest absolute Gasteiger partial charge is 0.399 e. The van der Waals surface area contributed by atoms with Crippen molar-refractivity contribution in [1.82, 2.24) is 0 Å². The Labute approximate surface area is 141 Å². The molecule has 0 saturated carbocycles. The van der Waals surface area contributed by atoms with Gasteiger partial charge in [0, 0.05) is 27.0 Å². The second kappa shape index (κ2) is 10.6. The minimum Gasteiger partial charge on any atom is -0.399 e. The molecule has 1 unspecified atom stereocenters. The van der Waals surface area contributed by atoms with Crippen LogP contribution in [-0.2, 0) is 14.2 Å². The van der Waals surface area contributed by atoms with Gasteiger partial charge in [0.25, 0.3) is 5.97 Å². The molecule has 2 N–H and O–H groups in total. The van der Waals surface area contributed by atoms with Gasteiger partial charge >= 0.3 is 0 Å². The maximum atomic E-state index is 5.81. The first-order valence-corrected chi connectivity index (χ1v) is 8.64. The number of anilines is 1. The van der Waals surface area contributed by atoms with Gasteiger partial charge in [0.05, 0.1) is 5.92 Å². The van der Waals surface area contributed by atoms with E-state index in [1.54, 1.807) is 21.3 Å². The molecule has 0 aliphatic carbocycles. The SMILES string of the molecule is CCCCCCCCC(c1ccc(N)cc1)C(OC)(OC)OC. The monoisotopic (exact) mass is 323 g/mol. The number of unbranched alkanes of at least 4 members (excludes halogenated alkanes) is 5. The summed E-state index contributed by atoms with van der Waals surface area (Å²) in [6, 6.07) is 7.89. The summed E-state index contributed by atoms with van der Waals surface area (Å²) in [5.41, 5.74) is 7.69. The van der Waals surface area contributed by atoms with Gasteiger partial charge < -0.3 is 19.9 Å². The van der Waals surface area contributed by atoms with E-state index >= 15 is 0 Å². The molecule has 0 heterocycles. The van der Waals surface area contributed by atoms with Crippen molar-refractivity contribution in [3.63, 3.8) is 0 Å². The zero-order chi connectivity index (χ0) is 17.1. The first-order valence-electron chi connectivity index (χ1n) is 8.64. The van der Waals surface area contributed by atoms with Crippen LogP contribution in [0.4, 0.5) is 5.69 Å². The predicted molar refractivity (Wildman–Crippen MR) is 95.3 cm³/mol. The normalized spacial score (nSPS) is 13.2. The summed E-state index contributed by atoms with van der Waals surface area (Å²) in [5.74, 6) is -1.05. The number of hydrogen-bond acceptors (Lipinski definition) is 4. The molecule has 23 heavy (non-hydrogen) atoms. The minimum atomic E-state index is -1.06. The Kier molecular flexibility index (Phi) is 9.22. The molecule has 4 heteroatoms. The van der Waals surface area contributed by atoms with Crippen molar-refractivity contribution >= 4 is 5.69 Å². The molecule has 0 radical (unpaired) electrons. The Hall–Kier alpha value is -1.10. The zero-order valence-corrected chi connectivity index (χ0v) is 15.1. The Bertz CT molecular complexity index is 407. The predicted octanol–water partition coefficient (Wildman–Crippen LogP) is 4.70. The lowest BCUT2D eigenvalue weighted by atomic mass is 9.90. The third kappa shape index (κ3) is 5.79. The summed E-state index contributed by atoms with van der Waals surface area (Å²) < 4.78 is 16.8. The molecule has 0 bridgehead atoms. The first kappa shape index (κ1) is 19.9. The lowest BCUT2D eigenvalue weighted by Gasteiger charge is -2.36. The van der Waals surface area contributed by atoms with E-state index in [2.05, 4.69) is 6.92 Å². The molecule has 0 spiro atoms. The quantitative estimate of drug-likeness (QED) is 0.344. The molecule has 1 atom stereocenters. The van der Waals surface area contributed by atoms with Crippen molar-refractivity contribution in [3.8, 4) is 0 Å². The number of hydrogen-bond donors (Lipinski definition) is 1. The maximum absolute atomic E-state index is 5.81.